The second kappa shape index (κ2) is 7.69. The Hall–Kier alpha value is -1.82. The fourth-order valence-corrected chi connectivity index (χ4v) is 2.58. The number of hydrogen-bond acceptors (Lipinski definition) is 6. The van der Waals surface area contributed by atoms with E-state index in [1.807, 2.05) is 30.3 Å². The zero-order valence-electron chi connectivity index (χ0n) is 11.3. The van der Waals surface area contributed by atoms with Crippen LogP contribution in [0.25, 0.3) is 0 Å². The molecule has 0 aliphatic carbocycles. The molecule has 1 atom stereocenters. The van der Waals surface area contributed by atoms with Crippen LogP contribution in [-0.2, 0) is 9.53 Å². The minimum absolute atomic E-state index is 0.0199. The molecule has 1 aliphatic heterocycles. The molecule has 1 aliphatic rings. The summed E-state index contributed by atoms with van der Waals surface area (Å²) in [4.78, 5) is 15.7. The lowest BCUT2D eigenvalue weighted by Gasteiger charge is -2.04. The summed E-state index contributed by atoms with van der Waals surface area (Å²) in [7, 11) is 0. The van der Waals surface area contributed by atoms with Gasteiger partial charge >= 0.3 is 5.97 Å². The Morgan fingerprint density at radius 1 is 1.55 bits per heavy atom. The number of nitrogens with one attached hydrogen (secondary N) is 1. The number of amidine groups is 1. The second-order valence-electron chi connectivity index (χ2n) is 4.19. The second-order valence-corrected chi connectivity index (χ2v) is 5.20. The summed E-state index contributed by atoms with van der Waals surface area (Å²) < 4.78 is 4.91. The third-order valence-electron chi connectivity index (χ3n) is 2.59. The summed E-state index contributed by atoms with van der Waals surface area (Å²) in [5.41, 5.74) is 3.92. The Balaban J connectivity index is 1.79. The number of carbonyl (C=O) groups is 1. The molecular formula is C14H17N3O2S. The highest BCUT2D eigenvalue weighted by molar-refractivity contribution is 8.14. The number of hydrogen-bond donors (Lipinski definition) is 1. The number of aliphatic imine (C=N–C) groups is 1. The summed E-state index contributed by atoms with van der Waals surface area (Å²) >= 11 is 1.56. The number of esters is 1. The number of hydrazone groups is 1. The van der Waals surface area contributed by atoms with Crippen molar-refractivity contribution in [2.24, 2.45) is 10.1 Å². The van der Waals surface area contributed by atoms with Gasteiger partial charge in [0.25, 0.3) is 0 Å². The lowest BCUT2D eigenvalue weighted by atomic mass is 10.2. The van der Waals surface area contributed by atoms with E-state index in [9.17, 15) is 4.79 Å². The number of rotatable bonds is 5. The fourth-order valence-electron chi connectivity index (χ4n) is 1.69. The van der Waals surface area contributed by atoms with Crippen LogP contribution in [0, 0.1) is 0 Å². The fraction of sp³-hybridized carbons (Fsp3) is 0.357. The van der Waals surface area contributed by atoms with E-state index in [2.05, 4.69) is 15.5 Å². The van der Waals surface area contributed by atoms with Gasteiger partial charge in [-0.15, -0.1) is 0 Å². The zero-order chi connectivity index (χ0) is 14.2. The molecule has 2 rings (SSSR count). The van der Waals surface area contributed by atoms with Crippen molar-refractivity contribution >= 4 is 29.1 Å². The molecule has 0 radical (unpaired) electrons. The van der Waals surface area contributed by atoms with Gasteiger partial charge in [0.15, 0.2) is 5.17 Å². The van der Waals surface area contributed by atoms with Gasteiger partial charge in [-0.2, -0.15) is 5.10 Å². The minimum Gasteiger partial charge on any atom is -0.466 e. The van der Waals surface area contributed by atoms with Crippen molar-refractivity contribution in [2.75, 3.05) is 12.4 Å². The average Bonchev–Trinajstić information content (AvgIpc) is 2.88. The lowest BCUT2D eigenvalue weighted by Crippen LogP contribution is -2.15. The topological polar surface area (TPSA) is 63.0 Å². The Bertz CT molecular complexity index is 502. The van der Waals surface area contributed by atoms with Crippen molar-refractivity contribution in [2.45, 2.75) is 19.4 Å². The van der Waals surface area contributed by atoms with E-state index in [0.717, 1.165) is 16.5 Å². The Morgan fingerprint density at radius 3 is 3.10 bits per heavy atom. The van der Waals surface area contributed by atoms with Gasteiger partial charge in [-0.3, -0.25) is 15.2 Å². The molecule has 0 spiro atoms. The number of thioether (sulfide) groups is 1. The van der Waals surface area contributed by atoms with Gasteiger partial charge < -0.3 is 4.74 Å². The van der Waals surface area contributed by atoms with Crippen LogP contribution in [-0.4, -0.2) is 35.8 Å². The van der Waals surface area contributed by atoms with E-state index in [-0.39, 0.29) is 12.0 Å². The van der Waals surface area contributed by atoms with Gasteiger partial charge in [-0.25, -0.2) is 0 Å². The highest BCUT2D eigenvalue weighted by Crippen LogP contribution is 2.19. The molecule has 0 fully saturated rings. The smallest absolute Gasteiger partial charge is 0.307 e. The van der Waals surface area contributed by atoms with Crippen molar-refractivity contribution < 1.29 is 9.53 Å². The molecule has 1 heterocycles. The molecule has 20 heavy (non-hydrogen) atoms. The van der Waals surface area contributed by atoms with Crippen molar-refractivity contribution in [3.63, 3.8) is 0 Å². The summed E-state index contributed by atoms with van der Waals surface area (Å²) in [6, 6.07) is 9.80. The Labute approximate surface area is 122 Å². The zero-order valence-corrected chi connectivity index (χ0v) is 12.1. The molecule has 6 heteroatoms. The largest absolute Gasteiger partial charge is 0.466 e. The van der Waals surface area contributed by atoms with Gasteiger partial charge in [0, 0.05) is 5.75 Å². The maximum atomic E-state index is 11.4. The maximum absolute atomic E-state index is 11.4. The quantitative estimate of drug-likeness (QED) is 0.512. The minimum atomic E-state index is -0.198. The molecule has 0 amide bonds. The summed E-state index contributed by atoms with van der Waals surface area (Å²) in [6.07, 6.45) is 2.07. The summed E-state index contributed by atoms with van der Waals surface area (Å²) in [5, 5.41) is 4.87. The monoisotopic (exact) mass is 291 g/mol. The van der Waals surface area contributed by atoms with Gasteiger partial charge in [0.2, 0.25) is 0 Å². The van der Waals surface area contributed by atoms with E-state index in [1.165, 1.54) is 0 Å². The lowest BCUT2D eigenvalue weighted by molar-refractivity contribution is -0.143. The van der Waals surface area contributed by atoms with Crippen LogP contribution in [0.1, 0.15) is 18.9 Å². The van der Waals surface area contributed by atoms with Gasteiger partial charge in [0.05, 0.1) is 25.3 Å². The molecule has 1 aromatic rings. The normalized spacial score (nSPS) is 18.1. The van der Waals surface area contributed by atoms with E-state index in [4.69, 9.17) is 4.74 Å². The van der Waals surface area contributed by atoms with E-state index < -0.39 is 0 Å². The van der Waals surface area contributed by atoms with Crippen molar-refractivity contribution in [3.05, 3.63) is 35.9 Å². The molecule has 0 aromatic heterocycles. The summed E-state index contributed by atoms with van der Waals surface area (Å²) in [6.45, 7) is 2.21. The standard InChI is InChI=1S/C14H17N3O2S/c1-2-19-13(18)8-12-10-20-14(16-12)17-15-9-11-6-4-3-5-7-11/h3-7,9,12H,2,8,10H2,1H3,(H,16,17)/b15-9+. The van der Waals surface area contributed by atoms with Crippen LogP contribution in [0.2, 0.25) is 0 Å². The summed E-state index contributed by atoms with van der Waals surface area (Å²) in [5.74, 6) is 0.582. The van der Waals surface area contributed by atoms with Crippen LogP contribution >= 0.6 is 11.8 Å². The first-order valence-corrected chi connectivity index (χ1v) is 7.47. The highest BCUT2D eigenvalue weighted by Gasteiger charge is 2.21. The first-order valence-electron chi connectivity index (χ1n) is 6.48. The predicted octanol–water partition coefficient (Wildman–Crippen LogP) is 2.03. The number of carbonyl (C=O) groups excluding carboxylic acids is 1. The van der Waals surface area contributed by atoms with E-state index in [0.29, 0.717) is 13.0 Å². The van der Waals surface area contributed by atoms with Crippen molar-refractivity contribution in [1.82, 2.24) is 5.43 Å². The Kier molecular flexibility index (Phi) is 5.61. The van der Waals surface area contributed by atoms with Crippen LogP contribution in [0.4, 0.5) is 0 Å². The first kappa shape index (κ1) is 14.6. The molecule has 106 valence electrons. The van der Waals surface area contributed by atoms with Crippen LogP contribution in [0.3, 0.4) is 0 Å². The average molecular weight is 291 g/mol. The van der Waals surface area contributed by atoms with E-state index >= 15 is 0 Å². The molecule has 0 saturated carbocycles. The van der Waals surface area contributed by atoms with Crippen LogP contribution in [0.15, 0.2) is 40.4 Å². The SMILES string of the molecule is CCOC(=O)CC1CSC(N/N=C/c2ccccc2)=N1. The number of benzene rings is 1. The molecule has 1 aromatic carbocycles. The third kappa shape index (κ3) is 4.70. The molecule has 1 N–H and O–H groups in total. The Morgan fingerprint density at radius 2 is 2.35 bits per heavy atom. The van der Waals surface area contributed by atoms with Gasteiger partial charge in [-0.05, 0) is 12.5 Å². The third-order valence-corrected chi connectivity index (χ3v) is 3.61. The number of ether oxygens (including phenoxy) is 1. The molecular weight excluding hydrogens is 274 g/mol. The number of nitrogens with zero attached hydrogens (tertiary/aromatic N) is 2. The van der Waals surface area contributed by atoms with Gasteiger partial charge in [0.1, 0.15) is 0 Å². The molecule has 0 saturated heterocycles. The molecule has 0 bridgehead atoms. The van der Waals surface area contributed by atoms with E-state index in [1.54, 1.807) is 24.9 Å². The predicted molar refractivity (Wildman–Crippen MR) is 82.1 cm³/mol. The van der Waals surface area contributed by atoms with Crippen molar-refractivity contribution in [3.8, 4) is 0 Å². The first-order chi connectivity index (χ1) is 9.78. The van der Waals surface area contributed by atoms with Crippen LogP contribution < -0.4 is 5.43 Å². The highest BCUT2D eigenvalue weighted by atomic mass is 32.2. The van der Waals surface area contributed by atoms with Gasteiger partial charge in [-0.1, -0.05) is 42.1 Å². The van der Waals surface area contributed by atoms with Crippen molar-refractivity contribution in [1.29, 1.82) is 0 Å². The maximum Gasteiger partial charge on any atom is 0.307 e. The van der Waals surface area contributed by atoms with Crippen LogP contribution in [0.5, 0.6) is 0 Å². The molecule has 1 unspecified atom stereocenters. The molecule has 5 nitrogen and oxygen atoms in total.